The van der Waals surface area contributed by atoms with E-state index in [0.29, 0.717) is 24.2 Å². The first-order valence-corrected chi connectivity index (χ1v) is 12.6. The highest BCUT2D eigenvalue weighted by atomic mass is 19.4. The largest absolute Gasteiger partial charge is 0.481 e. The second-order valence-electron chi connectivity index (χ2n) is 9.74. The number of aliphatic hydroxyl groups excluding tert-OH is 1. The molecule has 0 radical (unpaired) electrons. The molecule has 2 N–H and O–H groups in total. The Kier molecular flexibility index (Phi) is 7.68. The van der Waals surface area contributed by atoms with Crippen molar-refractivity contribution in [2.75, 3.05) is 19.6 Å². The van der Waals surface area contributed by atoms with Crippen molar-refractivity contribution < 1.29 is 37.1 Å². The summed E-state index contributed by atoms with van der Waals surface area (Å²) in [5.74, 6) is -1.66. The first-order valence-electron chi connectivity index (χ1n) is 12.6. The Labute approximate surface area is 225 Å². The monoisotopic (exact) mass is 559 g/mol. The van der Waals surface area contributed by atoms with Gasteiger partial charge in [0.15, 0.2) is 5.69 Å². The van der Waals surface area contributed by atoms with E-state index in [1.54, 1.807) is 24.3 Å². The molecule has 1 saturated heterocycles. The third kappa shape index (κ3) is 6.20. The average Bonchev–Trinajstić information content (AvgIpc) is 3.57. The number of aromatic nitrogens is 4. The van der Waals surface area contributed by atoms with E-state index in [2.05, 4.69) is 15.2 Å². The molecule has 1 fully saturated rings. The molecule has 0 aliphatic carbocycles. The number of aliphatic carboxylic acids is 1. The Hall–Kier alpha value is -4.10. The molecule has 4 aromatic rings. The molecule has 210 valence electrons. The molecular weight excluding hydrogens is 534 g/mol. The third-order valence-electron chi connectivity index (χ3n) is 6.78. The van der Waals surface area contributed by atoms with E-state index in [0.717, 1.165) is 42.4 Å². The number of halogens is 4. The van der Waals surface area contributed by atoms with E-state index in [4.69, 9.17) is 9.63 Å². The summed E-state index contributed by atoms with van der Waals surface area (Å²) >= 11 is 0. The second-order valence-corrected chi connectivity index (χ2v) is 9.74. The minimum Gasteiger partial charge on any atom is -0.481 e. The van der Waals surface area contributed by atoms with E-state index in [1.165, 1.54) is 12.1 Å². The van der Waals surface area contributed by atoms with Gasteiger partial charge >= 0.3 is 12.1 Å². The van der Waals surface area contributed by atoms with E-state index in [-0.39, 0.29) is 29.7 Å². The second kappa shape index (κ2) is 11.2. The minimum atomic E-state index is -4.81. The zero-order valence-corrected chi connectivity index (χ0v) is 21.1. The number of carbonyl (C=O) groups is 1. The number of carboxylic acid groups (broad SMARTS) is 1. The van der Waals surface area contributed by atoms with Crippen LogP contribution < -0.4 is 0 Å². The van der Waals surface area contributed by atoms with Crippen molar-refractivity contribution in [1.82, 2.24) is 24.8 Å². The highest BCUT2D eigenvalue weighted by Crippen LogP contribution is 2.37. The van der Waals surface area contributed by atoms with Crippen LogP contribution in [0.5, 0.6) is 0 Å². The average molecular weight is 560 g/mol. The Balaban J connectivity index is 1.31. The number of likely N-dealkylation sites (tertiary alicyclic amines) is 1. The molecule has 13 heteroatoms. The predicted molar refractivity (Wildman–Crippen MR) is 134 cm³/mol. The van der Waals surface area contributed by atoms with E-state index < -0.39 is 35.3 Å². The summed E-state index contributed by atoms with van der Waals surface area (Å²) in [6, 6.07) is 11.4. The predicted octanol–water partition coefficient (Wildman–Crippen LogP) is 4.97. The smallest absolute Gasteiger partial charge is 0.435 e. The van der Waals surface area contributed by atoms with Crippen LogP contribution in [0.1, 0.15) is 36.6 Å². The molecule has 1 aliphatic rings. The lowest BCUT2D eigenvalue weighted by Crippen LogP contribution is -2.38. The molecule has 2 aromatic heterocycles. The highest BCUT2D eigenvalue weighted by Gasteiger charge is 2.39. The van der Waals surface area contributed by atoms with Gasteiger partial charge in [0.25, 0.3) is 5.89 Å². The molecule has 0 amide bonds. The molecule has 0 unspecified atom stereocenters. The van der Waals surface area contributed by atoms with Crippen molar-refractivity contribution in [2.24, 2.45) is 5.92 Å². The van der Waals surface area contributed by atoms with Gasteiger partial charge in [0.1, 0.15) is 5.82 Å². The first-order chi connectivity index (χ1) is 19.1. The van der Waals surface area contributed by atoms with E-state index in [1.807, 2.05) is 4.90 Å². The molecule has 3 heterocycles. The molecule has 0 spiro atoms. The lowest BCUT2D eigenvalue weighted by molar-refractivity contribution is -0.141. The van der Waals surface area contributed by atoms with Gasteiger partial charge in [0.05, 0.1) is 17.4 Å². The van der Waals surface area contributed by atoms with Crippen LogP contribution in [-0.2, 0) is 11.0 Å². The van der Waals surface area contributed by atoms with Crippen LogP contribution in [-0.4, -0.2) is 60.6 Å². The van der Waals surface area contributed by atoms with Crippen molar-refractivity contribution >= 4 is 5.97 Å². The summed E-state index contributed by atoms with van der Waals surface area (Å²) in [5.41, 5.74) is -0.356. The molecule has 0 bridgehead atoms. The van der Waals surface area contributed by atoms with Gasteiger partial charge in [0, 0.05) is 31.3 Å². The fourth-order valence-electron chi connectivity index (χ4n) is 4.85. The van der Waals surface area contributed by atoms with Gasteiger partial charge in [-0.05, 0) is 55.1 Å². The highest BCUT2D eigenvalue weighted by molar-refractivity contribution is 5.67. The molecule has 40 heavy (non-hydrogen) atoms. The van der Waals surface area contributed by atoms with Crippen molar-refractivity contribution in [1.29, 1.82) is 0 Å². The lowest BCUT2D eigenvalue weighted by atomic mass is 9.94. The van der Waals surface area contributed by atoms with Gasteiger partial charge in [-0.25, -0.2) is 9.07 Å². The molecular formula is C27H25F4N5O4. The minimum absolute atomic E-state index is 0.0474. The molecule has 1 aliphatic heterocycles. The van der Waals surface area contributed by atoms with Gasteiger partial charge in [-0.1, -0.05) is 29.4 Å². The van der Waals surface area contributed by atoms with Gasteiger partial charge in [-0.3, -0.25) is 4.79 Å². The SMILES string of the molecule is O=C(O)C[C@H]1CCCN(C[C@@H](O)c2ccc(-c3noc(-c4cn(-c5ccc(F)cc5)nc4C(F)(F)F)n3)cc2)C1. The topological polar surface area (TPSA) is 118 Å². The van der Waals surface area contributed by atoms with E-state index in [9.17, 15) is 27.5 Å². The van der Waals surface area contributed by atoms with Crippen LogP contribution in [0.2, 0.25) is 0 Å². The van der Waals surface area contributed by atoms with Gasteiger partial charge in [-0.2, -0.15) is 23.3 Å². The maximum atomic E-state index is 13.7. The standard InChI is InChI=1S/C27H25F4N5O4/c28-19-7-9-20(10-8-19)36-14-21(24(33-36)27(29,30)31)26-32-25(34-40-26)18-5-3-17(4-6-18)22(37)15-35-11-1-2-16(13-35)12-23(38)39/h3-10,14,16,22,37H,1-2,11-13,15H2,(H,38,39)/t16-,22-/m1/s1. The van der Waals surface area contributed by atoms with Crippen LogP contribution in [0.3, 0.4) is 0 Å². The number of piperidine rings is 1. The van der Waals surface area contributed by atoms with Crippen LogP contribution in [0.4, 0.5) is 17.6 Å². The van der Waals surface area contributed by atoms with Crippen molar-refractivity contribution in [3.05, 3.63) is 71.8 Å². The molecule has 2 aromatic carbocycles. The van der Waals surface area contributed by atoms with Crippen molar-refractivity contribution in [3.8, 4) is 28.5 Å². The van der Waals surface area contributed by atoms with Gasteiger partial charge < -0.3 is 19.6 Å². The number of nitrogens with zero attached hydrogens (tertiary/aromatic N) is 5. The summed E-state index contributed by atoms with van der Waals surface area (Å²) in [6.07, 6.45) is -2.72. The van der Waals surface area contributed by atoms with Gasteiger partial charge in [-0.15, -0.1) is 0 Å². The van der Waals surface area contributed by atoms with Crippen LogP contribution in [0.25, 0.3) is 28.5 Å². The first kappa shape index (κ1) is 27.5. The molecule has 0 saturated carbocycles. The number of alkyl halides is 3. The zero-order chi connectivity index (χ0) is 28.4. The lowest BCUT2D eigenvalue weighted by Gasteiger charge is -2.33. The normalized spacial score (nSPS) is 17.2. The number of benzene rings is 2. The van der Waals surface area contributed by atoms with Crippen LogP contribution in [0, 0.1) is 11.7 Å². The maximum Gasteiger partial charge on any atom is 0.435 e. The van der Waals surface area contributed by atoms with E-state index >= 15 is 0 Å². The quantitative estimate of drug-likeness (QED) is 0.291. The third-order valence-corrected chi connectivity index (χ3v) is 6.78. The van der Waals surface area contributed by atoms with Crippen LogP contribution >= 0.6 is 0 Å². The number of hydrogen-bond acceptors (Lipinski definition) is 7. The number of hydrogen-bond donors (Lipinski definition) is 2. The van der Waals surface area contributed by atoms with Crippen molar-refractivity contribution in [3.63, 3.8) is 0 Å². The molecule has 5 rings (SSSR count). The number of β-amino-alcohol motifs (C(OH)–C–C–N with tert-alkyl or cyclic N) is 1. The van der Waals surface area contributed by atoms with Crippen molar-refractivity contribution in [2.45, 2.75) is 31.5 Å². The Bertz CT molecular complexity index is 1470. The van der Waals surface area contributed by atoms with Crippen LogP contribution in [0.15, 0.2) is 59.3 Å². The summed E-state index contributed by atoms with van der Waals surface area (Å²) < 4.78 is 60.6. The molecule has 9 nitrogen and oxygen atoms in total. The fourth-order valence-corrected chi connectivity index (χ4v) is 4.85. The number of carboxylic acids is 1. The Morgan fingerprint density at radius 1 is 1.12 bits per heavy atom. The summed E-state index contributed by atoms with van der Waals surface area (Å²) in [4.78, 5) is 17.2. The number of aliphatic hydroxyl groups is 1. The fraction of sp³-hybridized carbons (Fsp3) is 0.333. The molecule has 2 atom stereocenters. The zero-order valence-electron chi connectivity index (χ0n) is 21.1. The Morgan fingerprint density at radius 3 is 2.52 bits per heavy atom. The number of rotatable bonds is 8. The van der Waals surface area contributed by atoms with Gasteiger partial charge in [0.2, 0.25) is 5.82 Å². The maximum absolute atomic E-state index is 13.7. The summed E-state index contributed by atoms with van der Waals surface area (Å²) in [7, 11) is 0. The summed E-state index contributed by atoms with van der Waals surface area (Å²) in [6.45, 7) is 1.72. The summed E-state index contributed by atoms with van der Waals surface area (Å²) in [5, 5.41) is 27.2. The Morgan fingerprint density at radius 2 is 1.85 bits per heavy atom.